The van der Waals surface area contributed by atoms with Crippen LogP contribution in [0.4, 0.5) is 17.1 Å². The van der Waals surface area contributed by atoms with Gasteiger partial charge in [0.15, 0.2) is 11.4 Å². The Morgan fingerprint density at radius 2 is 1.84 bits per heavy atom. The van der Waals surface area contributed by atoms with Crippen molar-refractivity contribution < 1.29 is 18.4 Å². The molecule has 0 atom stereocenters. The quantitative estimate of drug-likeness (QED) is 0.301. The number of rotatable bonds is 6. The average Bonchev–Trinajstić information content (AvgIpc) is 3.39. The molecule has 1 saturated heterocycles. The first kappa shape index (κ1) is 21.9. The fourth-order valence-corrected chi connectivity index (χ4v) is 5.25. The van der Waals surface area contributed by atoms with Crippen LogP contribution in [-0.4, -0.2) is 40.8 Å². The fourth-order valence-electron chi connectivity index (χ4n) is 3.72. The molecule has 4 rings (SSSR count). The van der Waals surface area contributed by atoms with Crippen LogP contribution in [-0.2, 0) is 10.0 Å². The Labute approximate surface area is 184 Å². The van der Waals surface area contributed by atoms with Crippen molar-refractivity contribution in [3.8, 4) is 5.88 Å². The first-order valence-electron chi connectivity index (χ1n) is 10.2. The zero-order chi connectivity index (χ0) is 23.0. The Balaban J connectivity index is 1.74. The second kappa shape index (κ2) is 8.32. The van der Waals surface area contributed by atoms with Crippen LogP contribution in [0.1, 0.15) is 38.2 Å². The zero-order valence-electron chi connectivity index (χ0n) is 17.6. The van der Waals surface area contributed by atoms with Crippen LogP contribution in [0.2, 0.25) is 0 Å². The highest BCUT2D eigenvalue weighted by Crippen LogP contribution is 2.39. The second-order valence-corrected chi connectivity index (χ2v) is 9.94. The van der Waals surface area contributed by atoms with E-state index in [9.17, 15) is 23.6 Å². The van der Waals surface area contributed by atoms with E-state index in [1.807, 2.05) is 32.0 Å². The highest BCUT2D eigenvalue weighted by molar-refractivity contribution is 7.89. The van der Waals surface area contributed by atoms with E-state index in [1.165, 1.54) is 16.4 Å². The summed E-state index contributed by atoms with van der Waals surface area (Å²) in [5.74, 6) is 0.0490. The molecular formula is C21H23N5O5S. The first-order chi connectivity index (χ1) is 15.2. The molecule has 11 heteroatoms. The van der Waals surface area contributed by atoms with E-state index in [0.717, 1.165) is 24.5 Å². The van der Waals surface area contributed by atoms with Gasteiger partial charge in [-0.2, -0.15) is 4.31 Å². The van der Waals surface area contributed by atoms with Crippen LogP contribution in [0.15, 0.2) is 51.5 Å². The molecule has 32 heavy (non-hydrogen) atoms. The van der Waals surface area contributed by atoms with Gasteiger partial charge in [0, 0.05) is 24.5 Å². The molecule has 0 unspecified atom stereocenters. The SMILES string of the molecule is CC(C)c1ccc2[nH]c(O)c(N=Nc3ccc(S(=O)(=O)N4CCCC4)cc3[N+](=O)[O-])c2c1. The summed E-state index contributed by atoms with van der Waals surface area (Å²) in [7, 11) is -3.81. The number of nitrogens with zero attached hydrogens (tertiary/aromatic N) is 4. The van der Waals surface area contributed by atoms with Gasteiger partial charge in [0.25, 0.3) is 5.69 Å². The molecule has 0 aliphatic carbocycles. The molecule has 2 aromatic carbocycles. The van der Waals surface area contributed by atoms with Gasteiger partial charge in [0.05, 0.1) is 15.3 Å². The normalized spacial score (nSPS) is 15.3. The highest BCUT2D eigenvalue weighted by atomic mass is 32.2. The van der Waals surface area contributed by atoms with Crippen molar-refractivity contribution in [2.45, 2.75) is 37.5 Å². The van der Waals surface area contributed by atoms with Crippen LogP contribution in [0.5, 0.6) is 5.88 Å². The maximum absolute atomic E-state index is 12.8. The molecule has 1 aliphatic heterocycles. The van der Waals surface area contributed by atoms with Crippen molar-refractivity contribution in [1.29, 1.82) is 0 Å². The number of fused-ring (bicyclic) bond motifs is 1. The molecular weight excluding hydrogens is 434 g/mol. The van der Waals surface area contributed by atoms with Crippen molar-refractivity contribution in [1.82, 2.24) is 9.29 Å². The summed E-state index contributed by atoms with van der Waals surface area (Å²) in [6.07, 6.45) is 1.53. The lowest BCUT2D eigenvalue weighted by atomic mass is 10.0. The standard InChI is InChI=1S/C21H23N5O5S/c1-13(2)14-5-7-17-16(11-14)20(21(27)22-17)24-23-18-8-6-15(12-19(18)26(28)29)32(30,31)25-9-3-4-10-25/h5-8,11-13,22,27H,3-4,9-10H2,1-2H3. The van der Waals surface area contributed by atoms with E-state index < -0.39 is 20.6 Å². The number of aromatic hydroxyl groups is 1. The number of aromatic amines is 1. The molecule has 1 aromatic heterocycles. The van der Waals surface area contributed by atoms with Gasteiger partial charge >= 0.3 is 0 Å². The number of hydrogen-bond acceptors (Lipinski definition) is 7. The molecule has 1 fully saturated rings. The third-order valence-electron chi connectivity index (χ3n) is 5.55. The number of azo groups is 1. The average molecular weight is 458 g/mol. The largest absolute Gasteiger partial charge is 0.493 e. The molecule has 2 heterocycles. The number of benzene rings is 2. The molecule has 2 N–H and O–H groups in total. The monoisotopic (exact) mass is 457 g/mol. The molecule has 10 nitrogen and oxygen atoms in total. The molecule has 1 aliphatic rings. The fraction of sp³-hybridized carbons (Fsp3) is 0.333. The predicted molar refractivity (Wildman–Crippen MR) is 119 cm³/mol. The minimum Gasteiger partial charge on any atom is -0.493 e. The lowest BCUT2D eigenvalue weighted by molar-refractivity contribution is -0.384. The molecule has 0 saturated carbocycles. The topological polar surface area (TPSA) is 141 Å². The Morgan fingerprint density at radius 3 is 2.50 bits per heavy atom. The Bertz CT molecular complexity index is 1320. The number of nitro groups is 1. The van der Waals surface area contributed by atoms with Gasteiger partial charge in [-0.3, -0.25) is 10.1 Å². The van der Waals surface area contributed by atoms with E-state index >= 15 is 0 Å². The van der Waals surface area contributed by atoms with Crippen molar-refractivity contribution >= 4 is 38.0 Å². The summed E-state index contributed by atoms with van der Waals surface area (Å²) >= 11 is 0. The lowest BCUT2D eigenvalue weighted by Crippen LogP contribution is -2.27. The minimum atomic E-state index is -3.81. The van der Waals surface area contributed by atoms with Gasteiger partial charge in [0.2, 0.25) is 15.9 Å². The number of sulfonamides is 1. The molecule has 0 radical (unpaired) electrons. The summed E-state index contributed by atoms with van der Waals surface area (Å²) < 4.78 is 26.8. The number of hydrogen-bond donors (Lipinski definition) is 2. The van der Waals surface area contributed by atoms with Gasteiger partial charge in [-0.1, -0.05) is 19.9 Å². The number of nitrogens with one attached hydrogen (secondary N) is 1. The molecule has 0 amide bonds. The van der Waals surface area contributed by atoms with E-state index in [2.05, 4.69) is 15.2 Å². The number of H-pyrrole nitrogens is 1. The van der Waals surface area contributed by atoms with Gasteiger partial charge < -0.3 is 10.1 Å². The van der Waals surface area contributed by atoms with Crippen molar-refractivity contribution in [3.05, 3.63) is 52.1 Å². The minimum absolute atomic E-state index is 0.107. The molecule has 0 bridgehead atoms. The summed E-state index contributed by atoms with van der Waals surface area (Å²) in [6, 6.07) is 9.20. The Morgan fingerprint density at radius 1 is 1.12 bits per heavy atom. The van der Waals surface area contributed by atoms with Gasteiger partial charge in [0.1, 0.15) is 0 Å². The van der Waals surface area contributed by atoms with Crippen LogP contribution >= 0.6 is 0 Å². The summed E-state index contributed by atoms with van der Waals surface area (Å²) in [5.41, 5.74) is 1.27. The maximum Gasteiger partial charge on any atom is 0.298 e. The van der Waals surface area contributed by atoms with Crippen molar-refractivity contribution in [3.63, 3.8) is 0 Å². The highest BCUT2D eigenvalue weighted by Gasteiger charge is 2.29. The van der Waals surface area contributed by atoms with E-state index in [0.29, 0.717) is 24.0 Å². The van der Waals surface area contributed by atoms with Crippen LogP contribution in [0.3, 0.4) is 0 Å². The smallest absolute Gasteiger partial charge is 0.298 e. The Kier molecular flexibility index (Phi) is 5.70. The summed E-state index contributed by atoms with van der Waals surface area (Å²) in [5, 5.41) is 30.5. The summed E-state index contributed by atoms with van der Waals surface area (Å²) in [4.78, 5) is 13.6. The van der Waals surface area contributed by atoms with E-state index in [1.54, 1.807) is 0 Å². The van der Waals surface area contributed by atoms with E-state index in [-0.39, 0.29) is 28.1 Å². The van der Waals surface area contributed by atoms with Crippen LogP contribution < -0.4 is 0 Å². The Hall–Kier alpha value is -3.31. The molecule has 3 aromatic rings. The zero-order valence-corrected chi connectivity index (χ0v) is 18.5. The third-order valence-corrected chi connectivity index (χ3v) is 7.44. The summed E-state index contributed by atoms with van der Waals surface area (Å²) in [6.45, 7) is 4.87. The number of aromatic nitrogens is 1. The van der Waals surface area contributed by atoms with Gasteiger partial charge in [-0.15, -0.1) is 10.2 Å². The second-order valence-electron chi connectivity index (χ2n) is 8.00. The predicted octanol–water partition coefficient (Wildman–Crippen LogP) is 5.11. The first-order valence-corrected chi connectivity index (χ1v) is 11.7. The third kappa shape index (κ3) is 3.96. The number of nitro benzene ring substituents is 1. The molecule has 0 spiro atoms. The van der Waals surface area contributed by atoms with Crippen molar-refractivity contribution in [2.24, 2.45) is 10.2 Å². The molecule has 168 valence electrons. The van der Waals surface area contributed by atoms with Crippen LogP contribution in [0, 0.1) is 10.1 Å². The lowest BCUT2D eigenvalue weighted by Gasteiger charge is -2.15. The van der Waals surface area contributed by atoms with Crippen molar-refractivity contribution in [2.75, 3.05) is 13.1 Å². The van der Waals surface area contributed by atoms with Crippen LogP contribution in [0.25, 0.3) is 10.9 Å². The maximum atomic E-state index is 12.8. The van der Waals surface area contributed by atoms with Gasteiger partial charge in [-0.25, -0.2) is 8.42 Å². The van der Waals surface area contributed by atoms with E-state index in [4.69, 9.17) is 0 Å². The van der Waals surface area contributed by atoms with Gasteiger partial charge in [-0.05, 0) is 48.6 Å².